The lowest BCUT2D eigenvalue weighted by atomic mass is 9.67. The second kappa shape index (κ2) is 5.82. The molecule has 0 heterocycles. The maximum Gasteiger partial charge on any atom is 0.311 e. The minimum absolute atomic E-state index is 0.0413. The van der Waals surface area contributed by atoms with E-state index in [0.29, 0.717) is 12.2 Å². The molecule has 0 N–H and O–H groups in total. The predicted octanol–water partition coefficient (Wildman–Crippen LogP) is 3.40. The average Bonchev–Trinajstić information content (AvgIpc) is 2.42. The zero-order valence-corrected chi connectivity index (χ0v) is 13.5. The highest BCUT2D eigenvalue weighted by Gasteiger charge is 2.44. The van der Waals surface area contributed by atoms with Crippen LogP contribution in [0.5, 0.6) is 0 Å². The van der Waals surface area contributed by atoms with Crippen molar-refractivity contribution < 1.29 is 19.1 Å². The van der Waals surface area contributed by atoms with E-state index >= 15 is 0 Å². The molecular formula is C17H26O4. The van der Waals surface area contributed by atoms with Gasteiger partial charge in [0.15, 0.2) is 11.9 Å². The summed E-state index contributed by atoms with van der Waals surface area (Å²) in [4.78, 5) is 24.5. The molecule has 1 fully saturated rings. The van der Waals surface area contributed by atoms with Gasteiger partial charge in [-0.25, -0.2) is 0 Å². The first-order chi connectivity index (χ1) is 9.77. The van der Waals surface area contributed by atoms with Gasteiger partial charge in [-0.15, -0.1) is 0 Å². The Hall–Kier alpha value is -1.32. The monoisotopic (exact) mass is 294 g/mol. The molecule has 4 nitrogen and oxygen atoms in total. The van der Waals surface area contributed by atoms with E-state index in [4.69, 9.17) is 9.47 Å². The van der Waals surface area contributed by atoms with E-state index in [0.717, 1.165) is 25.7 Å². The highest BCUT2D eigenvalue weighted by atomic mass is 16.6. The van der Waals surface area contributed by atoms with Gasteiger partial charge < -0.3 is 9.47 Å². The Morgan fingerprint density at radius 2 is 1.86 bits per heavy atom. The van der Waals surface area contributed by atoms with Crippen molar-refractivity contribution >= 4 is 11.8 Å². The summed E-state index contributed by atoms with van der Waals surface area (Å²) >= 11 is 0. The number of esters is 1. The predicted molar refractivity (Wildman–Crippen MR) is 79.6 cm³/mol. The fourth-order valence-corrected chi connectivity index (χ4v) is 3.19. The number of hydrogen-bond acceptors (Lipinski definition) is 4. The summed E-state index contributed by atoms with van der Waals surface area (Å²) in [6.07, 6.45) is 7.50. The van der Waals surface area contributed by atoms with Crippen LogP contribution in [0.15, 0.2) is 11.8 Å². The van der Waals surface area contributed by atoms with Crippen molar-refractivity contribution in [1.29, 1.82) is 0 Å². The van der Waals surface area contributed by atoms with Crippen LogP contribution < -0.4 is 0 Å². The molecule has 4 heteroatoms. The minimum Gasteiger partial charge on any atom is -0.493 e. The lowest BCUT2D eigenvalue weighted by Crippen LogP contribution is -2.42. The number of carbonyl (C=O) groups excluding carboxylic acids is 2. The smallest absolute Gasteiger partial charge is 0.311 e. The highest BCUT2D eigenvalue weighted by molar-refractivity contribution is 5.99. The molecular weight excluding hydrogens is 268 g/mol. The second-order valence-corrected chi connectivity index (χ2v) is 7.35. The molecule has 0 aromatic rings. The Labute approximate surface area is 126 Å². The summed E-state index contributed by atoms with van der Waals surface area (Å²) in [6.45, 7) is 5.39. The van der Waals surface area contributed by atoms with Gasteiger partial charge in [0.25, 0.3) is 0 Å². The van der Waals surface area contributed by atoms with E-state index < -0.39 is 11.5 Å². The first-order valence-electron chi connectivity index (χ1n) is 7.80. The van der Waals surface area contributed by atoms with Crippen LogP contribution in [0, 0.1) is 10.8 Å². The molecule has 0 bridgehead atoms. The molecule has 1 saturated carbocycles. The molecule has 1 unspecified atom stereocenters. The van der Waals surface area contributed by atoms with Crippen molar-refractivity contribution in [3.8, 4) is 0 Å². The number of ketones is 1. The first-order valence-corrected chi connectivity index (χ1v) is 7.80. The molecule has 1 atom stereocenters. The van der Waals surface area contributed by atoms with E-state index in [1.807, 2.05) is 6.08 Å². The fraction of sp³-hybridized carbons (Fsp3) is 0.765. The first kappa shape index (κ1) is 16.1. The number of methoxy groups -OCH3 is 1. The van der Waals surface area contributed by atoms with E-state index in [9.17, 15) is 9.59 Å². The Morgan fingerprint density at radius 3 is 2.38 bits per heavy atom. The number of rotatable bonds is 2. The van der Waals surface area contributed by atoms with Gasteiger partial charge >= 0.3 is 5.97 Å². The average molecular weight is 294 g/mol. The van der Waals surface area contributed by atoms with E-state index in [1.165, 1.54) is 13.5 Å². The normalized spacial score (nSPS) is 25.4. The molecule has 0 aromatic heterocycles. The van der Waals surface area contributed by atoms with Crippen LogP contribution in [-0.4, -0.2) is 25.0 Å². The van der Waals surface area contributed by atoms with Crippen LogP contribution in [-0.2, 0) is 19.1 Å². The third-order valence-corrected chi connectivity index (χ3v) is 4.50. The van der Waals surface area contributed by atoms with Gasteiger partial charge in [-0.2, -0.15) is 0 Å². The van der Waals surface area contributed by atoms with Crippen LogP contribution in [0.1, 0.15) is 59.3 Å². The third kappa shape index (κ3) is 3.47. The lowest BCUT2D eigenvalue weighted by Gasteiger charge is -2.40. The van der Waals surface area contributed by atoms with Crippen molar-refractivity contribution in [3.05, 3.63) is 11.8 Å². The van der Waals surface area contributed by atoms with Crippen LogP contribution in [0.2, 0.25) is 0 Å². The van der Waals surface area contributed by atoms with Gasteiger partial charge in [-0.1, -0.05) is 19.3 Å². The fourth-order valence-electron chi connectivity index (χ4n) is 3.19. The van der Waals surface area contributed by atoms with Crippen LogP contribution >= 0.6 is 0 Å². The molecule has 118 valence electrons. The van der Waals surface area contributed by atoms with Gasteiger partial charge in [-0.05, 0) is 45.1 Å². The Bertz CT molecular complexity index is 450. The van der Waals surface area contributed by atoms with E-state index in [1.54, 1.807) is 20.8 Å². The zero-order valence-electron chi connectivity index (χ0n) is 13.5. The van der Waals surface area contributed by atoms with E-state index in [2.05, 4.69) is 0 Å². The van der Waals surface area contributed by atoms with Crippen molar-refractivity contribution in [2.24, 2.45) is 10.8 Å². The number of Topliss-reactive ketones (excluding diaryl/α,β-unsaturated/α-hetero) is 1. The molecule has 21 heavy (non-hydrogen) atoms. The summed E-state index contributed by atoms with van der Waals surface area (Å²) in [5, 5.41) is 0. The SMILES string of the molecule is COC1=CC2(CCCCC2)CC(OC(=O)C(C)(C)C)C1=O. The molecule has 0 radical (unpaired) electrons. The van der Waals surface area contributed by atoms with Crippen LogP contribution in [0.25, 0.3) is 0 Å². The lowest BCUT2D eigenvalue weighted by molar-refractivity contribution is -0.165. The maximum absolute atomic E-state index is 12.4. The Balaban J connectivity index is 2.21. The zero-order chi connectivity index (χ0) is 15.7. The minimum atomic E-state index is -0.699. The van der Waals surface area contributed by atoms with Crippen molar-refractivity contribution in [3.63, 3.8) is 0 Å². The molecule has 0 aromatic carbocycles. The van der Waals surface area contributed by atoms with Crippen molar-refractivity contribution in [2.45, 2.75) is 65.4 Å². The van der Waals surface area contributed by atoms with Gasteiger partial charge in [0.2, 0.25) is 5.78 Å². The van der Waals surface area contributed by atoms with Gasteiger partial charge in [0, 0.05) is 6.42 Å². The topological polar surface area (TPSA) is 52.6 Å². The number of carbonyl (C=O) groups is 2. The molecule has 2 aliphatic carbocycles. The molecule has 1 spiro atoms. The van der Waals surface area contributed by atoms with Crippen molar-refractivity contribution in [2.75, 3.05) is 7.11 Å². The highest BCUT2D eigenvalue weighted by Crippen LogP contribution is 2.45. The van der Waals surface area contributed by atoms with Gasteiger partial charge in [-0.3, -0.25) is 9.59 Å². The molecule has 2 rings (SSSR count). The van der Waals surface area contributed by atoms with E-state index in [-0.39, 0.29) is 17.2 Å². The second-order valence-electron chi connectivity index (χ2n) is 7.35. The van der Waals surface area contributed by atoms with Gasteiger partial charge in [0.05, 0.1) is 12.5 Å². The summed E-state index contributed by atoms with van der Waals surface area (Å²) in [5.74, 6) is -0.176. The summed E-state index contributed by atoms with van der Waals surface area (Å²) in [7, 11) is 1.51. The van der Waals surface area contributed by atoms with Gasteiger partial charge in [0.1, 0.15) is 0 Å². The summed E-state index contributed by atoms with van der Waals surface area (Å²) < 4.78 is 10.8. The third-order valence-electron chi connectivity index (χ3n) is 4.50. The summed E-state index contributed by atoms with van der Waals surface area (Å²) in [5.41, 5.74) is -0.644. The molecule has 0 saturated heterocycles. The molecule has 0 aliphatic heterocycles. The Morgan fingerprint density at radius 1 is 1.24 bits per heavy atom. The standard InChI is InChI=1S/C17H26O4/c1-16(2,3)15(19)21-13-11-17(8-6-5-7-9-17)10-12(20-4)14(13)18/h10,13H,5-9,11H2,1-4H3. The molecule has 2 aliphatic rings. The van der Waals surface area contributed by atoms with Crippen molar-refractivity contribution in [1.82, 2.24) is 0 Å². The van der Waals surface area contributed by atoms with Crippen LogP contribution in [0.4, 0.5) is 0 Å². The summed E-state index contributed by atoms with van der Waals surface area (Å²) in [6, 6.07) is 0. The number of ether oxygens (including phenoxy) is 2. The molecule has 0 amide bonds. The Kier molecular flexibility index (Phi) is 4.45. The number of hydrogen-bond donors (Lipinski definition) is 0. The quantitative estimate of drug-likeness (QED) is 0.732. The maximum atomic E-state index is 12.4. The number of allylic oxidation sites excluding steroid dienone is 1. The van der Waals surface area contributed by atoms with Crippen LogP contribution in [0.3, 0.4) is 0 Å². The largest absolute Gasteiger partial charge is 0.493 e.